The van der Waals surface area contributed by atoms with Crippen LogP contribution in [0.4, 0.5) is 0 Å². The minimum absolute atomic E-state index is 0.0980. The van der Waals surface area contributed by atoms with Gasteiger partial charge in [-0.25, -0.2) is 0 Å². The number of amides is 1. The summed E-state index contributed by atoms with van der Waals surface area (Å²) < 4.78 is 5.09. The zero-order valence-electron chi connectivity index (χ0n) is 11.4. The number of carbonyl (C=O) groups is 2. The predicted molar refractivity (Wildman–Crippen MR) is 71.7 cm³/mol. The molecule has 6 nitrogen and oxygen atoms in total. The van der Waals surface area contributed by atoms with E-state index < -0.39 is 5.97 Å². The molecule has 108 valence electrons. The highest BCUT2D eigenvalue weighted by Gasteiger charge is 2.39. The molecule has 0 unspecified atom stereocenters. The molecule has 0 bridgehead atoms. The molecule has 0 atom stereocenters. The van der Waals surface area contributed by atoms with Gasteiger partial charge in [-0.2, -0.15) is 0 Å². The summed E-state index contributed by atoms with van der Waals surface area (Å²) in [4.78, 5) is 26.9. The molecule has 1 fully saturated rings. The molecule has 0 saturated heterocycles. The topological polar surface area (TPSA) is 88.5 Å². The number of ether oxygens (including phenoxy) is 1. The van der Waals surface area contributed by atoms with Gasteiger partial charge in [0.05, 0.1) is 25.3 Å². The number of aromatic nitrogens is 1. The minimum Gasteiger partial charge on any atom is -0.494 e. The van der Waals surface area contributed by atoms with Gasteiger partial charge in [0.25, 0.3) is 5.91 Å². The Morgan fingerprint density at radius 3 is 2.80 bits per heavy atom. The number of methoxy groups -OCH3 is 1. The van der Waals surface area contributed by atoms with E-state index in [1.165, 1.54) is 19.5 Å². The first-order chi connectivity index (χ1) is 9.56. The van der Waals surface area contributed by atoms with Crippen LogP contribution in [-0.2, 0) is 4.79 Å². The van der Waals surface area contributed by atoms with Crippen LogP contribution in [0, 0.1) is 5.41 Å². The molecule has 0 radical (unpaired) electrons. The van der Waals surface area contributed by atoms with Crippen LogP contribution in [0.25, 0.3) is 0 Å². The maximum Gasteiger partial charge on any atom is 0.303 e. The van der Waals surface area contributed by atoms with E-state index in [0.29, 0.717) is 17.9 Å². The van der Waals surface area contributed by atoms with Crippen LogP contribution in [0.1, 0.15) is 36.0 Å². The summed E-state index contributed by atoms with van der Waals surface area (Å²) in [5.41, 5.74) is 0.120. The number of carbonyl (C=O) groups excluding carboxylic acids is 1. The van der Waals surface area contributed by atoms with E-state index in [1.54, 1.807) is 6.07 Å². The van der Waals surface area contributed by atoms with Crippen molar-refractivity contribution >= 4 is 11.9 Å². The minimum atomic E-state index is -0.819. The summed E-state index contributed by atoms with van der Waals surface area (Å²) in [6.45, 7) is 0.379. The highest BCUT2D eigenvalue weighted by atomic mass is 16.5. The second-order valence-electron chi connectivity index (χ2n) is 5.18. The molecule has 6 heteroatoms. The highest BCUT2D eigenvalue weighted by molar-refractivity contribution is 5.96. The number of carboxylic acid groups (broad SMARTS) is 1. The number of nitrogens with zero attached hydrogens (tertiary/aromatic N) is 1. The van der Waals surface area contributed by atoms with Crippen molar-refractivity contribution in [3.8, 4) is 5.75 Å². The fourth-order valence-electron chi connectivity index (χ4n) is 2.51. The third-order valence-corrected chi connectivity index (χ3v) is 3.81. The van der Waals surface area contributed by atoms with Gasteiger partial charge in [0.2, 0.25) is 0 Å². The Balaban J connectivity index is 1.99. The Kier molecular flexibility index (Phi) is 4.22. The molecular formula is C14H18N2O4. The second kappa shape index (κ2) is 5.90. The van der Waals surface area contributed by atoms with Gasteiger partial charge < -0.3 is 15.2 Å². The Labute approximate surface area is 117 Å². The summed E-state index contributed by atoms with van der Waals surface area (Å²) in [6, 6.07) is 1.58. The van der Waals surface area contributed by atoms with E-state index in [1.807, 2.05) is 0 Å². The maximum atomic E-state index is 12.1. The lowest BCUT2D eigenvalue weighted by molar-refractivity contribution is -0.141. The Bertz CT molecular complexity index is 512. The standard InChI is InChI=1S/C14H18N2O4/c1-20-11-8-15-6-3-10(11)13(19)16-9-14(4-2-5-14)7-12(17)18/h3,6,8H,2,4-5,7,9H2,1H3,(H,16,19)(H,17,18). The van der Waals surface area contributed by atoms with E-state index in [2.05, 4.69) is 10.3 Å². The summed E-state index contributed by atoms with van der Waals surface area (Å²) in [5.74, 6) is -0.674. The molecule has 0 aliphatic heterocycles. The van der Waals surface area contributed by atoms with E-state index in [0.717, 1.165) is 19.3 Å². The molecular weight excluding hydrogens is 260 g/mol. The van der Waals surface area contributed by atoms with Crippen molar-refractivity contribution in [2.75, 3.05) is 13.7 Å². The van der Waals surface area contributed by atoms with E-state index in [4.69, 9.17) is 9.84 Å². The zero-order chi connectivity index (χ0) is 14.6. The van der Waals surface area contributed by atoms with Gasteiger partial charge in [0, 0.05) is 12.7 Å². The summed E-state index contributed by atoms with van der Waals surface area (Å²) in [6.07, 6.45) is 5.79. The van der Waals surface area contributed by atoms with Crippen LogP contribution in [0.3, 0.4) is 0 Å². The van der Waals surface area contributed by atoms with Gasteiger partial charge in [0.15, 0.2) is 0 Å². The molecule has 1 heterocycles. The van der Waals surface area contributed by atoms with Crippen LogP contribution in [-0.4, -0.2) is 35.6 Å². The van der Waals surface area contributed by atoms with Crippen molar-refractivity contribution in [2.24, 2.45) is 5.41 Å². The number of rotatable bonds is 6. The Hall–Kier alpha value is -2.11. The average molecular weight is 278 g/mol. The van der Waals surface area contributed by atoms with Crippen molar-refractivity contribution in [2.45, 2.75) is 25.7 Å². The fourth-order valence-corrected chi connectivity index (χ4v) is 2.51. The predicted octanol–water partition coefficient (Wildman–Crippen LogP) is 1.46. The largest absolute Gasteiger partial charge is 0.494 e. The van der Waals surface area contributed by atoms with E-state index in [9.17, 15) is 9.59 Å². The van der Waals surface area contributed by atoms with Crippen molar-refractivity contribution in [3.63, 3.8) is 0 Å². The van der Waals surface area contributed by atoms with E-state index in [-0.39, 0.29) is 17.7 Å². The molecule has 2 rings (SSSR count). The monoisotopic (exact) mass is 278 g/mol. The van der Waals surface area contributed by atoms with Gasteiger partial charge >= 0.3 is 5.97 Å². The lowest BCUT2D eigenvalue weighted by Gasteiger charge is -2.40. The second-order valence-corrected chi connectivity index (χ2v) is 5.18. The SMILES string of the molecule is COc1cnccc1C(=O)NCC1(CC(=O)O)CCC1. The van der Waals surface area contributed by atoms with Crippen molar-refractivity contribution < 1.29 is 19.4 Å². The van der Waals surface area contributed by atoms with Crippen LogP contribution >= 0.6 is 0 Å². The first-order valence-electron chi connectivity index (χ1n) is 6.54. The summed E-state index contributed by atoms with van der Waals surface area (Å²) in [7, 11) is 1.48. The molecule has 0 aromatic carbocycles. The fraction of sp³-hybridized carbons (Fsp3) is 0.500. The number of aliphatic carboxylic acids is 1. The zero-order valence-corrected chi connectivity index (χ0v) is 11.4. The number of carboxylic acids is 1. The van der Waals surface area contributed by atoms with Gasteiger partial charge in [0.1, 0.15) is 5.75 Å². The first-order valence-corrected chi connectivity index (χ1v) is 6.54. The van der Waals surface area contributed by atoms with Gasteiger partial charge in [-0.3, -0.25) is 14.6 Å². The van der Waals surface area contributed by atoms with Gasteiger partial charge in [-0.05, 0) is 24.3 Å². The molecule has 1 saturated carbocycles. The van der Waals surface area contributed by atoms with Crippen molar-refractivity contribution in [1.82, 2.24) is 10.3 Å². The van der Waals surface area contributed by atoms with Crippen molar-refractivity contribution in [1.29, 1.82) is 0 Å². The lowest BCUT2D eigenvalue weighted by Crippen LogP contribution is -2.43. The molecule has 1 aliphatic rings. The van der Waals surface area contributed by atoms with Gasteiger partial charge in [-0.15, -0.1) is 0 Å². The average Bonchev–Trinajstić information content (AvgIpc) is 2.40. The number of hydrogen-bond acceptors (Lipinski definition) is 4. The normalized spacial score (nSPS) is 16.1. The summed E-state index contributed by atoms with van der Waals surface area (Å²) in [5, 5.41) is 11.7. The molecule has 1 aromatic rings. The van der Waals surface area contributed by atoms with Crippen molar-refractivity contribution in [3.05, 3.63) is 24.0 Å². The Morgan fingerprint density at radius 2 is 2.25 bits per heavy atom. The van der Waals surface area contributed by atoms with Crippen LogP contribution in [0.2, 0.25) is 0 Å². The number of pyridine rings is 1. The van der Waals surface area contributed by atoms with Gasteiger partial charge in [-0.1, -0.05) is 6.42 Å². The molecule has 2 N–H and O–H groups in total. The lowest BCUT2D eigenvalue weighted by atomic mass is 9.66. The van der Waals surface area contributed by atoms with Crippen LogP contribution in [0.5, 0.6) is 5.75 Å². The highest BCUT2D eigenvalue weighted by Crippen LogP contribution is 2.43. The molecule has 1 amide bonds. The molecule has 0 spiro atoms. The molecule has 1 aromatic heterocycles. The Morgan fingerprint density at radius 1 is 1.50 bits per heavy atom. The van der Waals surface area contributed by atoms with Crippen LogP contribution in [0.15, 0.2) is 18.5 Å². The van der Waals surface area contributed by atoms with E-state index >= 15 is 0 Å². The summed E-state index contributed by atoms with van der Waals surface area (Å²) >= 11 is 0. The van der Waals surface area contributed by atoms with Crippen LogP contribution < -0.4 is 10.1 Å². The number of hydrogen-bond donors (Lipinski definition) is 2. The third-order valence-electron chi connectivity index (χ3n) is 3.81. The molecule has 1 aliphatic carbocycles. The maximum absolute atomic E-state index is 12.1. The smallest absolute Gasteiger partial charge is 0.303 e. The molecule has 20 heavy (non-hydrogen) atoms. The quantitative estimate of drug-likeness (QED) is 0.822. The third kappa shape index (κ3) is 3.07. The number of nitrogens with one attached hydrogen (secondary N) is 1. The first kappa shape index (κ1) is 14.3.